The molecule has 1 aliphatic heterocycles. The maximum absolute atomic E-state index is 12.8. The second-order valence-corrected chi connectivity index (χ2v) is 8.85. The second-order valence-electron chi connectivity index (χ2n) is 8.01. The van der Waals surface area contributed by atoms with Crippen LogP contribution in [-0.2, 0) is 0 Å². The van der Waals surface area contributed by atoms with Crippen LogP contribution in [0.2, 0.25) is 10.0 Å². The Kier molecular flexibility index (Phi) is 7.16. The van der Waals surface area contributed by atoms with Crippen LogP contribution in [0, 0.1) is 0 Å². The second kappa shape index (κ2) is 10.2. The molecule has 1 aliphatic rings. The normalized spacial score (nSPS) is 14.1. The zero-order valence-corrected chi connectivity index (χ0v) is 19.7. The van der Waals surface area contributed by atoms with Crippen molar-refractivity contribution in [3.05, 3.63) is 82.6 Å². The highest BCUT2D eigenvalue weighted by atomic mass is 35.5. The maximum Gasteiger partial charge on any atom is 0.321 e. The largest absolute Gasteiger partial charge is 0.338 e. The van der Waals surface area contributed by atoms with E-state index >= 15 is 0 Å². The molecule has 0 aliphatic carbocycles. The van der Waals surface area contributed by atoms with Gasteiger partial charge in [-0.15, -0.1) is 0 Å². The molecule has 1 aromatic heterocycles. The number of benzene rings is 2. The van der Waals surface area contributed by atoms with E-state index in [0.29, 0.717) is 34.4 Å². The first kappa shape index (κ1) is 23.1. The lowest BCUT2D eigenvalue weighted by atomic mass is 10.0. The number of rotatable bonds is 4. The molecular formula is C25H24Cl2N4O2. The number of urea groups is 1. The summed E-state index contributed by atoms with van der Waals surface area (Å²) in [4.78, 5) is 32.9. The summed E-state index contributed by atoms with van der Waals surface area (Å²) in [5.41, 5.74) is 3.10. The van der Waals surface area contributed by atoms with Crippen LogP contribution in [0.25, 0.3) is 11.1 Å². The van der Waals surface area contributed by atoms with E-state index in [4.69, 9.17) is 23.2 Å². The predicted molar refractivity (Wildman–Crippen MR) is 132 cm³/mol. The van der Waals surface area contributed by atoms with Gasteiger partial charge in [0, 0.05) is 59.9 Å². The quantitative estimate of drug-likeness (QED) is 0.508. The van der Waals surface area contributed by atoms with Crippen molar-refractivity contribution in [2.45, 2.75) is 18.9 Å². The number of amides is 3. The Bertz CT molecular complexity index is 1130. The first-order valence-corrected chi connectivity index (χ1v) is 11.5. The molecule has 1 fully saturated rings. The number of likely N-dealkylation sites (tertiary alicyclic amines) is 1. The molecule has 3 aromatic rings. The zero-order chi connectivity index (χ0) is 23.4. The van der Waals surface area contributed by atoms with E-state index in [1.165, 1.54) is 0 Å². The van der Waals surface area contributed by atoms with E-state index in [-0.39, 0.29) is 18.0 Å². The molecule has 8 heteroatoms. The molecule has 6 nitrogen and oxygen atoms in total. The van der Waals surface area contributed by atoms with Gasteiger partial charge in [-0.25, -0.2) is 4.79 Å². The van der Waals surface area contributed by atoms with Gasteiger partial charge < -0.3 is 15.1 Å². The fraction of sp³-hybridized carbons (Fsp3) is 0.240. The lowest BCUT2D eigenvalue weighted by molar-refractivity contribution is 0.0671. The van der Waals surface area contributed by atoms with Crippen molar-refractivity contribution in [1.82, 2.24) is 14.8 Å². The average molecular weight is 483 g/mol. The lowest BCUT2D eigenvalue weighted by Crippen LogP contribution is -2.48. The molecule has 1 N–H and O–H groups in total. The molecular weight excluding hydrogens is 459 g/mol. The predicted octanol–water partition coefficient (Wildman–Crippen LogP) is 5.82. The zero-order valence-electron chi connectivity index (χ0n) is 18.2. The van der Waals surface area contributed by atoms with Gasteiger partial charge in [-0.1, -0.05) is 41.4 Å². The molecule has 0 spiro atoms. The summed E-state index contributed by atoms with van der Waals surface area (Å²) in [6.07, 6.45) is 4.69. The van der Waals surface area contributed by atoms with Gasteiger partial charge >= 0.3 is 6.03 Å². The number of pyridine rings is 1. The topological polar surface area (TPSA) is 65.5 Å². The Balaban J connectivity index is 1.32. The highest BCUT2D eigenvalue weighted by molar-refractivity contribution is 6.36. The van der Waals surface area contributed by atoms with Gasteiger partial charge in [0.2, 0.25) is 0 Å². The van der Waals surface area contributed by atoms with E-state index in [1.54, 1.807) is 48.6 Å². The molecule has 170 valence electrons. The van der Waals surface area contributed by atoms with Gasteiger partial charge in [0.15, 0.2) is 0 Å². The third kappa shape index (κ3) is 5.46. The number of nitrogens with zero attached hydrogens (tertiary/aromatic N) is 3. The molecule has 2 aromatic carbocycles. The van der Waals surface area contributed by atoms with Crippen molar-refractivity contribution < 1.29 is 9.59 Å². The first-order chi connectivity index (χ1) is 15.9. The highest BCUT2D eigenvalue weighted by Gasteiger charge is 2.28. The van der Waals surface area contributed by atoms with E-state index in [0.717, 1.165) is 24.0 Å². The van der Waals surface area contributed by atoms with Gasteiger partial charge in [-0.05, 0) is 54.8 Å². The molecule has 3 amide bonds. The smallest absolute Gasteiger partial charge is 0.321 e. The van der Waals surface area contributed by atoms with Crippen molar-refractivity contribution in [2.75, 3.05) is 25.5 Å². The van der Waals surface area contributed by atoms with Crippen molar-refractivity contribution in [2.24, 2.45) is 0 Å². The number of halogens is 2. The molecule has 33 heavy (non-hydrogen) atoms. The molecule has 0 radical (unpaired) electrons. The Morgan fingerprint density at radius 1 is 1.06 bits per heavy atom. The standard InChI is InChI=1S/C25H24Cl2N4O2/c1-30(21-10-13-31(14-11-21)24(32)18-3-2-12-28-16-18)25(33)29-20-7-4-17(5-8-20)22-9-6-19(26)15-23(22)27/h2-9,12,15-16,21H,10-11,13-14H2,1H3,(H,29,33). The van der Waals surface area contributed by atoms with Crippen molar-refractivity contribution in [3.8, 4) is 11.1 Å². The molecule has 0 saturated carbocycles. The van der Waals surface area contributed by atoms with Gasteiger partial charge in [0.1, 0.15) is 0 Å². The number of aromatic nitrogens is 1. The summed E-state index contributed by atoms with van der Waals surface area (Å²) < 4.78 is 0. The van der Waals surface area contributed by atoms with Crippen LogP contribution >= 0.6 is 23.2 Å². The molecule has 4 rings (SSSR count). The number of hydrogen-bond acceptors (Lipinski definition) is 3. The van der Waals surface area contributed by atoms with E-state index in [1.807, 2.05) is 35.2 Å². The SMILES string of the molecule is CN(C(=O)Nc1ccc(-c2ccc(Cl)cc2Cl)cc1)C1CCN(C(=O)c2cccnc2)CC1. The van der Waals surface area contributed by atoms with Crippen LogP contribution in [0.5, 0.6) is 0 Å². The monoisotopic (exact) mass is 482 g/mol. The van der Waals surface area contributed by atoms with Crippen LogP contribution in [0.1, 0.15) is 23.2 Å². The van der Waals surface area contributed by atoms with E-state index in [9.17, 15) is 9.59 Å². The molecule has 0 bridgehead atoms. The number of carbonyl (C=O) groups is 2. The summed E-state index contributed by atoms with van der Waals surface area (Å²) >= 11 is 12.3. The summed E-state index contributed by atoms with van der Waals surface area (Å²) in [5, 5.41) is 4.11. The highest BCUT2D eigenvalue weighted by Crippen LogP contribution is 2.31. The van der Waals surface area contributed by atoms with Gasteiger partial charge in [0.05, 0.1) is 5.56 Å². The van der Waals surface area contributed by atoms with Crippen molar-refractivity contribution >= 4 is 40.8 Å². The minimum Gasteiger partial charge on any atom is -0.338 e. The van der Waals surface area contributed by atoms with Crippen LogP contribution in [-0.4, -0.2) is 52.9 Å². The lowest BCUT2D eigenvalue weighted by Gasteiger charge is -2.36. The third-order valence-electron chi connectivity index (χ3n) is 5.91. The first-order valence-electron chi connectivity index (χ1n) is 10.7. The Morgan fingerprint density at radius 3 is 2.42 bits per heavy atom. The van der Waals surface area contributed by atoms with Crippen LogP contribution in [0.15, 0.2) is 67.0 Å². The van der Waals surface area contributed by atoms with Gasteiger partial charge in [-0.2, -0.15) is 0 Å². The Morgan fingerprint density at radius 2 is 1.79 bits per heavy atom. The molecule has 0 unspecified atom stereocenters. The minimum atomic E-state index is -0.177. The maximum atomic E-state index is 12.8. The molecule has 1 saturated heterocycles. The van der Waals surface area contributed by atoms with Crippen LogP contribution < -0.4 is 5.32 Å². The minimum absolute atomic E-state index is 0.0189. The fourth-order valence-corrected chi connectivity index (χ4v) is 4.48. The number of carbonyl (C=O) groups excluding carboxylic acids is 2. The summed E-state index contributed by atoms with van der Waals surface area (Å²) in [7, 11) is 1.79. The average Bonchev–Trinajstić information content (AvgIpc) is 2.84. The Labute approximate surface area is 203 Å². The van der Waals surface area contributed by atoms with Gasteiger partial charge in [0.25, 0.3) is 5.91 Å². The van der Waals surface area contributed by atoms with E-state index < -0.39 is 0 Å². The van der Waals surface area contributed by atoms with Crippen molar-refractivity contribution in [3.63, 3.8) is 0 Å². The third-order valence-corrected chi connectivity index (χ3v) is 6.45. The number of hydrogen-bond donors (Lipinski definition) is 1. The molecule has 0 atom stereocenters. The van der Waals surface area contributed by atoms with Crippen LogP contribution in [0.4, 0.5) is 10.5 Å². The number of anilines is 1. The van der Waals surface area contributed by atoms with Crippen molar-refractivity contribution in [1.29, 1.82) is 0 Å². The van der Waals surface area contributed by atoms with E-state index in [2.05, 4.69) is 10.3 Å². The number of piperidine rings is 1. The number of nitrogens with one attached hydrogen (secondary N) is 1. The summed E-state index contributed by atoms with van der Waals surface area (Å²) in [6, 6.07) is 16.3. The van der Waals surface area contributed by atoms with Crippen LogP contribution in [0.3, 0.4) is 0 Å². The Hall–Kier alpha value is -3.09. The van der Waals surface area contributed by atoms with Gasteiger partial charge in [-0.3, -0.25) is 9.78 Å². The summed E-state index contributed by atoms with van der Waals surface area (Å²) in [5.74, 6) is -0.0189. The molecule has 2 heterocycles. The fourth-order valence-electron chi connectivity index (χ4n) is 3.96. The summed E-state index contributed by atoms with van der Waals surface area (Å²) in [6.45, 7) is 1.21.